The Bertz CT molecular complexity index is 667. The molecule has 0 spiro atoms. The van der Waals surface area contributed by atoms with Crippen molar-refractivity contribution < 1.29 is 53.5 Å². The van der Waals surface area contributed by atoms with Crippen LogP contribution in [-0.4, -0.2) is 11.2 Å². The molecule has 1 N–H and O–H groups in total. The molecule has 0 saturated heterocycles. The summed E-state index contributed by atoms with van der Waals surface area (Å²) in [4.78, 5) is 0. The molecule has 0 aromatic heterocycles. The van der Waals surface area contributed by atoms with E-state index < -0.39 is 0 Å². The van der Waals surface area contributed by atoms with E-state index in [1.807, 2.05) is 12.1 Å². The zero-order valence-electron chi connectivity index (χ0n) is 14.6. The van der Waals surface area contributed by atoms with Crippen molar-refractivity contribution in [2.45, 2.75) is 51.0 Å². The van der Waals surface area contributed by atoms with Gasteiger partial charge in [0.05, 0.1) is 6.10 Å². The van der Waals surface area contributed by atoms with Gasteiger partial charge in [0.15, 0.2) is 0 Å². The molecule has 3 aliphatic rings. The topological polar surface area (TPSA) is 71.0 Å². The SMILES string of the molecule is CC12CCC3C(=CCc4cc(OSOO[O-])ccc43)C1CC[C@H]2O.[Na+]. The van der Waals surface area contributed by atoms with Crippen LogP contribution in [0.3, 0.4) is 0 Å². The van der Waals surface area contributed by atoms with Gasteiger partial charge in [-0.05, 0) is 61.3 Å². The number of fused-ring (bicyclic) bond motifs is 5. The standard InChI is InChI=1S/C18H22O5S.Na/c1-18-9-8-14-13-5-3-12(21-24-23-22-20)10-11(13)2-4-15(14)16(18)6-7-17(18)19;/h3-5,10,14,16-17,19-20H,2,6-9H2,1H3;/q;+1/p-1/t14?,16?,17-,18?;/m1./s1. The maximum Gasteiger partial charge on any atom is 1.00 e. The summed E-state index contributed by atoms with van der Waals surface area (Å²) in [5.74, 6) is 1.61. The number of aliphatic hydroxyl groups excluding tert-OH is 1. The molecule has 130 valence electrons. The van der Waals surface area contributed by atoms with Gasteiger partial charge in [-0.15, -0.1) is 4.33 Å². The first-order chi connectivity index (χ1) is 11.6. The number of hydrogen-bond donors (Lipinski definition) is 1. The number of aliphatic hydroxyl groups is 1. The average molecular weight is 372 g/mol. The Morgan fingerprint density at radius 2 is 2.12 bits per heavy atom. The van der Waals surface area contributed by atoms with Crippen molar-refractivity contribution in [3.05, 3.63) is 41.0 Å². The molecule has 1 aromatic rings. The Balaban J connectivity index is 0.00000182. The fourth-order valence-corrected chi connectivity index (χ4v) is 5.26. The largest absolute Gasteiger partial charge is 1.00 e. The van der Waals surface area contributed by atoms with Gasteiger partial charge in [0, 0.05) is 11.3 Å². The summed E-state index contributed by atoms with van der Waals surface area (Å²) in [5.41, 5.74) is 4.20. The van der Waals surface area contributed by atoms with Crippen molar-refractivity contribution in [3.63, 3.8) is 0 Å². The van der Waals surface area contributed by atoms with Crippen LogP contribution in [0.25, 0.3) is 0 Å². The van der Waals surface area contributed by atoms with Crippen LogP contribution in [0, 0.1) is 11.3 Å². The van der Waals surface area contributed by atoms with Crippen molar-refractivity contribution in [1.29, 1.82) is 0 Å². The summed E-state index contributed by atoms with van der Waals surface area (Å²) in [5, 5.41) is 23.5. The molecule has 0 radical (unpaired) electrons. The van der Waals surface area contributed by atoms with Crippen molar-refractivity contribution in [1.82, 2.24) is 0 Å². The van der Waals surface area contributed by atoms with E-state index in [-0.39, 0.29) is 41.1 Å². The van der Waals surface area contributed by atoms with Crippen LogP contribution in [0.2, 0.25) is 0 Å². The molecular weight excluding hydrogens is 351 g/mol. The average Bonchev–Trinajstić information content (AvgIpc) is 2.90. The third-order valence-corrected chi connectivity index (χ3v) is 6.67. The summed E-state index contributed by atoms with van der Waals surface area (Å²) >= 11 is 0.514. The van der Waals surface area contributed by atoms with Crippen molar-refractivity contribution in [2.24, 2.45) is 11.3 Å². The smallest absolute Gasteiger partial charge is 0.691 e. The minimum absolute atomic E-state index is 0. The molecule has 0 aliphatic heterocycles. The summed E-state index contributed by atoms with van der Waals surface area (Å²) in [6.45, 7) is 2.26. The first-order valence-corrected chi connectivity index (χ1v) is 9.11. The monoisotopic (exact) mass is 372 g/mol. The molecular formula is C18H21NaO5S. The van der Waals surface area contributed by atoms with E-state index in [1.54, 1.807) is 0 Å². The van der Waals surface area contributed by atoms with Crippen molar-refractivity contribution >= 4 is 12.3 Å². The Morgan fingerprint density at radius 3 is 2.92 bits per heavy atom. The molecule has 5 nitrogen and oxygen atoms in total. The second-order valence-corrected chi connectivity index (χ2v) is 7.74. The van der Waals surface area contributed by atoms with Gasteiger partial charge in [0.1, 0.15) is 5.75 Å². The second kappa shape index (κ2) is 7.90. The van der Waals surface area contributed by atoms with E-state index >= 15 is 0 Å². The summed E-state index contributed by atoms with van der Waals surface area (Å²) < 4.78 is 9.40. The summed E-state index contributed by atoms with van der Waals surface area (Å²) in [6, 6.07) is 6.02. The summed E-state index contributed by atoms with van der Waals surface area (Å²) in [6.07, 6.45) is 7.26. The van der Waals surface area contributed by atoms with Crippen LogP contribution in [0.1, 0.15) is 49.7 Å². The minimum Gasteiger partial charge on any atom is -0.691 e. The first kappa shape index (κ1) is 19.7. The van der Waals surface area contributed by atoms with Gasteiger partial charge < -0.3 is 14.5 Å². The predicted molar refractivity (Wildman–Crippen MR) is 87.4 cm³/mol. The van der Waals surface area contributed by atoms with Gasteiger partial charge in [-0.25, -0.2) is 0 Å². The van der Waals surface area contributed by atoms with Gasteiger partial charge >= 0.3 is 29.6 Å². The number of hydrogen-bond acceptors (Lipinski definition) is 6. The Morgan fingerprint density at radius 1 is 1.28 bits per heavy atom. The molecule has 2 saturated carbocycles. The molecule has 3 aliphatic carbocycles. The minimum atomic E-state index is -0.165. The van der Waals surface area contributed by atoms with Crippen LogP contribution in [0.15, 0.2) is 29.8 Å². The number of benzene rings is 1. The van der Waals surface area contributed by atoms with E-state index in [2.05, 4.69) is 28.4 Å². The maximum absolute atomic E-state index is 10.4. The number of rotatable bonds is 4. The van der Waals surface area contributed by atoms with E-state index in [4.69, 9.17) is 4.18 Å². The Kier molecular flexibility index (Phi) is 6.23. The van der Waals surface area contributed by atoms with E-state index in [0.717, 1.165) is 32.1 Å². The second-order valence-electron chi connectivity index (χ2n) is 7.30. The van der Waals surface area contributed by atoms with E-state index in [0.29, 0.717) is 29.9 Å². The molecule has 2 fully saturated rings. The normalized spacial score (nSPS) is 32.8. The van der Waals surface area contributed by atoms with Crippen LogP contribution >= 0.6 is 12.3 Å². The van der Waals surface area contributed by atoms with Gasteiger partial charge in [-0.1, -0.05) is 24.6 Å². The van der Waals surface area contributed by atoms with Gasteiger partial charge in [0.25, 0.3) is 12.3 Å². The quantitative estimate of drug-likeness (QED) is 0.200. The van der Waals surface area contributed by atoms with Crippen LogP contribution in [-0.2, 0) is 15.8 Å². The van der Waals surface area contributed by atoms with Crippen molar-refractivity contribution in [2.75, 3.05) is 0 Å². The van der Waals surface area contributed by atoms with Gasteiger partial charge in [0.2, 0.25) is 0 Å². The molecule has 25 heavy (non-hydrogen) atoms. The molecule has 4 rings (SSSR count). The predicted octanol–water partition coefficient (Wildman–Crippen LogP) is -0.00680. The van der Waals surface area contributed by atoms with Crippen LogP contribution in [0.5, 0.6) is 5.75 Å². The Labute approximate surface area is 174 Å². The zero-order valence-corrected chi connectivity index (χ0v) is 17.4. The fourth-order valence-electron chi connectivity index (χ4n) is 5.03. The molecule has 0 bridgehead atoms. The van der Waals surface area contributed by atoms with Gasteiger partial charge in [-0.2, -0.15) is 0 Å². The third kappa shape index (κ3) is 3.44. The molecule has 1 aromatic carbocycles. The van der Waals surface area contributed by atoms with Crippen LogP contribution in [0.4, 0.5) is 0 Å². The molecule has 0 heterocycles. The number of allylic oxidation sites excluding steroid dienone is 2. The molecule has 4 atom stereocenters. The van der Waals surface area contributed by atoms with Crippen molar-refractivity contribution in [3.8, 4) is 5.75 Å². The van der Waals surface area contributed by atoms with E-state index in [9.17, 15) is 10.4 Å². The molecule has 7 heteroatoms. The molecule has 0 amide bonds. The Hall–Kier alpha value is -0.0500. The zero-order chi connectivity index (χ0) is 16.7. The maximum atomic E-state index is 10.4. The fraction of sp³-hybridized carbons (Fsp3) is 0.556. The van der Waals surface area contributed by atoms with E-state index in [1.165, 1.54) is 16.7 Å². The summed E-state index contributed by atoms with van der Waals surface area (Å²) in [7, 11) is 0. The first-order valence-electron chi connectivity index (χ1n) is 8.44. The van der Waals surface area contributed by atoms with Crippen LogP contribution < -0.4 is 39.0 Å². The molecule has 3 unspecified atom stereocenters. The van der Waals surface area contributed by atoms with Gasteiger partial charge in [-0.3, -0.25) is 5.04 Å². The third-order valence-electron chi connectivity index (χ3n) is 6.30.